The van der Waals surface area contributed by atoms with Crippen LogP contribution < -0.4 is 9.47 Å². The lowest BCUT2D eigenvalue weighted by Crippen LogP contribution is -2.35. The standard InChI is InChI=1S/C27H28N2O5/c1-18-22-17-23-26(27(18)33-25(31)10-9-24(30)32-22)21(28-34-23)8-7-20-12-15-29(16-13-20)14-11-19-5-3-2-4-6-19/h2-6,9-10,17,20H,7-8,11-16H2,1H3/b10-9+. The highest BCUT2D eigenvalue weighted by molar-refractivity contribution is 5.98. The molecule has 3 heterocycles. The molecular formula is C27H28N2O5. The van der Waals surface area contributed by atoms with Gasteiger partial charge in [-0.25, -0.2) is 9.59 Å². The summed E-state index contributed by atoms with van der Waals surface area (Å²) in [6.45, 7) is 5.08. The molecule has 2 aliphatic heterocycles. The SMILES string of the molecule is Cc1c2cc3onc(CCC4CCN(CCc5ccccc5)CC4)c3c1OC(=O)/C=C/C(=O)O2. The van der Waals surface area contributed by atoms with Crippen LogP contribution in [0.3, 0.4) is 0 Å². The number of carbonyl (C=O) groups is 2. The number of esters is 2. The summed E-state index contributed by atoms with van der Waals surface area (Å²) in [6.07, 6.45) is 7.28. The van der Waals surface area contributed by atoms with Crippen molar-refractivity contribution in [2.45, 2.75) is 39.0 Å². The van der Waals surface area contributed by atoms with Crippen molar-refractivity contribution < 1.29 is 23.6 Å². The molecule has 2 aliphatic rings. The number of aromatic nitrogens is 1. The van der Waals surface area contributed by atoms with Crippen molar-refractivity contribution in [1.29, 1.82) is 0 Å². The van der Waals surface area contributed by atoms with Gasteiger partial charge in [0.15, 0.2) is 11.3 Å². The van der Waals surface area contributed by atoms with Crippen molar-refractivity contribution in [2.24, 2.45) is 5.92 Å². The lowest BCUT2D eigenvalue weighted by molar-refractivity contribution is -0.131. The van der Waals surface area contributed by atoms with Gasteiger partial charge in [0, 0.05) is 30.3 Å². The van der Waals surface area contributed by atoms with Crippen molar-refractivity contribution in [3.63, 3.8) is 0 Å². The highest BCUT2D eigenvalue weighted by Gasteiger charge is 2.25. The molecule has 1 saturated heterocycles. The monoisotopic (exact) mass is 460 g/mol. The van der Waals surface area contributed by atoms with E-state index in [-0.39, 0.29) is 0 Å². The van der Waals surface area contributed by atoms with Gasteiger partial charge < -0.3 is 18.9 Å². The number of aryl methyl sites for hydroxylation is 1. The van der Waals surface area contributed by atoms with Gasteiger partial charge in [0.1, 0.15) is 5.75 Å². The van der Waals surface area contributed by atoms with Crippen molar-refractivity contribution >= 4 is 22.9 Å². The van der Waals surface area contributed by atoms with Crippen LogP contribution in [0.15, 0.2) is 53.1 Å². The largest absolute Gasteiger partial charge is 0.423 e. The first-order chi connectivity index (χ1) is 16.6. The number of likely N-dealkylation sites (tertiary alicyclic amines) is 1. The Morgan fingerprint density at radius 1 is 1.00 bits per heavy atom. The van der Waals surface area contributed by atoms with Crippen LogP contribution in [0, 0.1) is 12.8 Å². The smallest absolute Gasteiger partial charge is 0.336 e. The van der Waals surface area contributed by atoms with Crippen LogP contribution in [0.5, 0.6) is 11.5 Å². The van der Waals surface area contributed by atoms with E-state index < -0.39 is 11.9 Å². The number of hydrogen-bond donors (Lipinski definition) is 0. The summed E-state index contributed by atoms with van der Waals surface area (Å²) in [5.41, 5.74) is 3.18. The van der Waals surface area contributed by atoms with Gasteiger partial charge in [-0.3, -0.25) is 0 Å². The highest BCUT2D eigenvalue weighted by atomic mass is 16.6. The van der Waals surface area contributed by atoms with Gasteiger partial charge in [0.05, 0.1) is 11.1 Å². The Hall–Kier alpha value is -3.45. The molecule has 0 N–H and O–H groups in total. The van der Waals surface area contributed by atoms with Crippen molar-refractivity contribution in [2.75, 3.05) is 19.6 Å². The van der Waals surface area contributed by atoms with Gasteiger partial charge in [-0.1, -0.05) is 35.5 Å². The zero-order chi connectivity index (χ0) is 23.5. The van der Waals surface area contributed by atoms with Gasteiger partial charge in [0.25, 0.3) is 0 Å². The number of rotatable bonds is 6. The Kier molecular flexibility index (Phi) is 6.45. The summed E-state index contributed by atoms with van der Waals surface area (Å²) in [6, 6.07) is 12.3. The van der Waals surface area contributed by atoms with Crippen molar-refractivity contribution in [3.05, 3.63) is 65.4 Å². The van der Waals surface area contributed by atoms with Gasteiger partial charge in [-0.05, 0) is 63.6 Å². The Labute approximate surface area is 198 Å². The minimum atomic E-state index is -0.637. The third-order valence-electron chi connectivity index (χ3n) is 6.81. The van der Waals surface area contributed by atoms with E-state index in [2.05, 4.69) is 40.4 Å². The molecule has 0 saturated carbocycles. The van der Waals surface area contributed by atoms with Crippen molar-refractivity contribution in [1.82, 2.24) is 10.1 Å². The van der Waals surface area contributed by atoms with E-state index in [1.165, 1.54) is 5.56 Å². The summed E-state index contributed by atoms with van der Waals surface area (Å²) in [4.78, 5) is 26.6. The lowest BCUT2D eigenvalue weighted by atomic mass is 9.91. The lowest BCUT2D eigenvalue weighted by Gasteiger charge is -2.31. The molecule has 1 fully saturated rings. The first kappa shape index (κ1) is 22.3. The van der Waals surface area contributed by atoms with Gasteiger partial charge in [-0.2, -0.15) is 0 Å². The zero-order valence-corrected chi connectivity index (χ0v) is 19.3. The number of ether oxygens (including phenoxy) is 2. The normalized spacial score (nSPS) is 18.1. The third-order valence-corrected chi connectivity index (χ3v) is 6.81. The fourth-order valence-electron chi connectivity index (χ4n) is 4.79. The number of piperidine rings is 1. The molecule has 0 aliphatic carbocycles. The topological polar surface area (TPSA) is 81.9 Å². The maximum absolute atomic E-state index is 12.2. The molecule has 0 spiro atoms. The van der Waals surface area contributed by atoms with Crippen LogP contribution in [0.4, 0.5) is 0 Å². The number of carbonyl (C=O) groups excluding carboxylic acids is 2. The highest BCUT2D eigenvalue weighted by Crippen LogP contribution is 2.40. The molecule has 176 valence electrons. The molecule has 34 heavy (non-hydrogen) atoms. The number of hydrogen-bond acceptors (Lipinski definition) is 7. The Morgan fingerprint density at radius 3 is 2.50 bits per heavy atom. The Bertz CT molecular complexity index is 1220. The molecule has 7 heteroatoms. The summed E-state index contributed by atoms with van der Waals surface area (Å²) in [5.74, 6) is 0.0100. The molecule has 0 atom stereocenters. The zero-order valence-electron chi connectivity index (χ0n) is 19.3. The van der Waals surface area contributed by atoms with Crippen molar-refractivity contribution in [3.8, 4) is 11.5 Å². The Morgan fingerprint density at radius 2 is 1.74 bits per heavy atom. The van der Waals surface area contributed by atoms with E-state index in [1.807, 2.05) is 0 Å². The molecule has 2 aromatic carbocycles. The van der Waals surface area contributed by atoms with Crippen LogP contribution in [0.2, 0.25) is 0 Å². The first-order valence-corrected chi connectivity index (χ1v) is 11.9. The van der Waals surface area contributed by atoms with E-state index in [0.29, 0.717) is 33.9 Å². The molecule has 2 bridgehead atoms. The molecule has 1 aromatic heterocycles. The van der Waals surface area contributed by atoms with E-state index in [0.717, 1.165) is 69.6 Å². The predicted molar refractivity (Wildman–Crippen MR) is 127 cm³/mol. The average Bonchev–Trinajstić information content (AvgIpc) is 3.26. The van der Waals surface area contributed by atoms with Gasteiger partial charge in [-0.15, -0.1) is 0 Å². The fraction of sp³-hybridized carbons (Fsp3) is 0.370. The number of benzene rings is 2. The summed E-state index contributed by atoms with van der Waals surface area (Å²) in [5, 5.41) is 4.95. The summed E-state index contributed by atoms with van der Waals surface area (Å²) < 4.78 is 16.4. The summed E-state index contributed by atoms with van der Waals surface area (Å²) in [7, 11) is 0. The molecule has 0 radical (unpaired) electrons. The van der Waals surface area contributed by atoms with Crippen LogP contribution in [0.25, 0.3) is 11.0 Å². The fourth-order valence-corrected chi connectivity index (χ4v) is 4.79. The van der Waals surface area contributed by atoms with Gasteiger partial charge >= 0.3 is 11.9 Å². The first-order valence-electron chi connectivity index (χ1n) is 11.9. The maximum Gasteiger partial charge on any atom is 0.336 e. The number of fused-ring (bicyclic) bond motifs is 4. The number of nitrogens with zero attached hydrogens (tertiary/aromatic N) is 2. The predicted octanol–water partition coefficient (Wildman–Crippen LogP) is 4.40. The van der Waals surface area contributed by atoms with E-state index >= 15 is 0 Å². The van der Waals surface area contributed by atoms with Crippen LogP contribution in [0.1, 0.15) is 36.1 Å². The average molecular weight is 461 g/mol. The Balaban J connectivity index is 1.23. The van der Waals surface area contributed by atoms with E-state index in [9.17, 15) is 9.59 Å². The second-order valence-electron chi connectivity index (χ2n) is 9.07. The molecular weight excluding hydrogens is 432 g/mol. The van der Waals surface area contributed by atoms with Crippen LogP contribution in [-0.2, 0) is 22.4 Å². The quantitative estimate of drug-likeness (QED) is 0.398. The maximum atomic E-state index is 12.2. The molecule has 0 amide bonds. The second-order valence-corrected chi connectivity index (χ2v) is 9.07. The van der Waals surface area contributed by atoms with E-state index in [4.69, 9.17) is 14.0 Å². The van der Waals surface area contributed by atoms with Gasteiger partial charge in [0.2, 0.25) is 0 Å². The molecule has 3 aromatic rings. The van der Waals surface area contributed by atoms with Crippen LogP contribution >= 0.6 is 0 Å². The minimum absolute atomic E-state index is 0.303. The van der Waals surface area contributed by atoms with E-state index in [1.54, 1.807) is 13.0 Å². The van der Waals surface area contributed by atoms with Crippen LogP contribution in [-0.4, -0.2) is 41.6 Å². The minimum Gasteiger partial charge on any atom is -0.423 e. The molecule has 7 nitrogen and oxygen atoms in total. The molecule has 0 unspecified atom stereocenters. The molecule has 5 rings (SSSR count). The third kappa shape index (κ3) is 4.89. The second kappa shape index (κ2) is 9.81. The summed E-state index contributed by atoms with van der Waals surface area (Å²) >= 11 is 0.